The fourth-order valence-corrected chi connectivity index (χ4v) is 3.24. The Bertz CT molecular complexity index is 402. The standard InChI is InChI=1S/C15H29BrN4/c1-7-13-15(16)14(20(6)18-13)9-17-12(8-11(2)3)10-19(4)5/h11-12,17H,7-10H2,1-6H3. The Labute approximate surface area is 132 Å². The van der Waals surface area contributed by atoms with Gasteiger partial charge in [-0.15, -0.1) is 0 Å². The van der Waals surface area contributed by atoms with Crippen LogP contribution in [0.15, 0.2) is 4.47 Å². The molecule has 1 heterocycles. The van der Waals surface area contributed by atoms with E-state index in [0.717, 1.165) is 29.7 Å². The van der Waals surface area contributed by atoms with E-state index in [9.17, 15) is 0 Å². The smallest absolute Gasteiger partial charge is 0.0767 e. The minimum atomic E-state index is 0.511. The Morgan fingerprint density at radius 3 is 2.45 bits per heavy atom. The van der Waals surface area contributed by atoms with E-state index in [1.165, 1.54) is 12.1 Å². The maximum atomic E-state index is 4.55. The van der Waals surface area contributed by atoms with Gasteiger partial charge in [-0.05, 0) is 48.8 Å². The molecule has 1 atom stereocenters. The van der Waals surface area contributed by atoms with Crippen LogP contribution >= 0.6 is 15.9 Å². The van der Waals surface area contributed by atoms with Gasteiger partial charge >= 0.3 is 0 Å². The molecule has 1 aromatic heterocycles. The van der Waals surface area contributed by atoms with Crippen molar-refractivity contribution in [2.45, 2.75) is 46.2 Å². The molecule has 0 aliphatic heterocycles. The molecule has 0 aliphatic carbocycles. The van der Waals surface area contributed by atoms with Gasteiger partial charge in [0, 0.05) is 26.2 Å². The molecule has 1 unspecified atom stereocenters. The highest BCUT2D eigenvalue weighted by Crippen LogP contribution is 2.21. The lowest BCUT2D eigenvalue weighted by atomic mass is 10.0. The predicted octanol–water partition coefficient (Wildman–Crippen LogP) is 2.81. The summed E-state index contributed by atoms with van der Waals surface area (Å²) in [5.41, 5.74) is 2.37. The van der Waals surface area contributed by atoms with Crippen molar-refractivity contribution >= 4 is 15.9 Å². The Hall–Kier alpha value is -0.390. The number of nitrogens with zero attached hydrogens (tertiary/aromatic N) is 3. The van der Waals surface area contributed by atoms with E-state index in [-0.39, 0.29) is 0 Å². The second-order valence-corrected chi connectivity index (χ2v) is 6.95. The van der Waals surface area contributed by atoms with Crippen molar-refractivity contribution < 1.29 is 0 Å². The molecule has 0 radical (unpaired) electrons. The van der Waals surface area contributed by atoms with Gasteiger partial charge in [-0.25, -0.2) is 0 Å². The highest BCUT2D eigenvalue weighted by Gasteiger charge is 2.16. The SMILES string of the molecule is CCc1nn(C)c(CNC(CC(C)C)CN(C)C)c1Br. The lowest BCUT2D eigenvalue weighted by Gasteiger charge is -2.24. The average Bonchev–Trinajstić information content (AvgIpc) is 2.60. The summed E-state index contributed by atoms with van der Waals surface area (Å²) in [6.07, 6.45) is 2.15. The molecule has 1 aromatic rings. The Kier molecular flexibility index (Phi) is 7.20. The number of halogens is 1. The maximum absolute atomic E-state index is 4.55. The van der Waals surface area contributed by atoms with Gasteiger partial charge in [0.2, 0.25) is 0 Å². The van der Waals surface area contributed by atoms with Crippen molar-refractivity contribution in [3.05, 3.63) is 15.9 Å². The molecule has 4 nitrogen and oxygen atoms in total. The molecule has 0 saturated carbocycles. The first-order chi connectivity index (χ1) is 9.35. The third-order valence-corrected chi connectivity index (χ3v) is 4.32. The molecule has 0 saturated heterocycles. The number of aromatic nitrogens is 2. The van der Waals surface area contributed by atoms with Crippen LogP contribution in [0.2, 0.25) is 0 Å². The number of hydrogen-bond acceptors (Lipinski definition) is 3. The minimum Gasteiger partial charge on any atom is -0.308 e. The van der Waals surface area contributed by atoms with Crippen molar-refractivity contribution in [1.82, 2.24) is 20.0 Å². The van der Waals surface area contributed by atoms with E-state index < -0.39 is 0 Å². The van der Waals surface area contributed by atoms with Gasteiger partial charge < -0.3 is 10.2 Å². The highest BCUT2D eigenvalue weighted by molar-refractivity contribution is 9.10. The van der Waals surface area contributed by atoms with E-state index in [2.05, 4.69) is 66.1 Å². The quantitative estimate of drug-likeness (QED) is 0.787. The fourth-order valence-electron chi connectivity index (χ4n) is 2.49. The van der Waals surface area contributed by atoms with Crippen LogP contribution in [0.25, 0.3) is 0 Å². The van der Waals surface area contributed by atoms with E-state index in [4.69, 9.17) is 0 Å². The summed E-state index contributed by atoms with van der Waals surface area (Å²) < 4.78 is 3.14. The summed E-state index contributed by atoms with van der Waals surface area (Å²) in [5.74, 6) is 0.702. The van der Waals surface area contributed by atoms with E-state index in [0.29, 0.717) is 12.0 Å². The number of likely N-dealkylation sites (N-methyl/N-ethyl adjacent to an activating group) is 1. The molecule has 0 amide bonds. The number of hydrogen-bond donors (Lipinski definition) is 1. The van der Waals surface area contributed by atoms with E-state index in [1.807, 2.05) is 11.7 Å². The second kappa shape index (κ2) is 8.15. The third-order valence-electron chi connectivity index (χ3n) is 3.40. The summed E-state index contributed by atoms with van der Waals surface area (Å²) in [4.78, 5) is 2.25. The van der Waals surface area contributed by atoms with Crippen LogP contribution < -0.4 is 5.32 Å². The molecule has 5 heteroatoms. The topological polar surface area (TPSA) is 33.1 Å². The van der Waals surface area contributed by atoms with Crippen molar-refractivity contribution in [3.63, 3.8) is 0 Å². The van der Waals surface area contributed by atoms with E-state index in [1.54, 1.807) is 0 Å². The Balaban J connectivity index is 2.69. The summed E-state index contributed by atoms with van der Waals surface area (Å²) in [5, 5.41) is 8.23. The van der Waals surface area contributed by atoms with Gasteiger partial charge in [-0.2, -0.15) is 5.10 Å². The van der Waals surface area contributed by atoms with E-state index >= 15 is 0 Å². The molecular formula is C15H29BrN4. The zero-order valence-electron chi connectivity index (χ0n) is 13.7. The highest BCUT2D eigenvalue weighted by atomic mass is 79.9. The van der Waals surface area contributed by atoms with Gasteiger partial charge in [0.05, 0.1) is 15.9 Å². The fraction of sp³-hybridized carbons (Fsp3) is 0.800. The molecule has 0 aliphatic rings. The minimum absolute atomic E-state index is 0.511. The second-order valence-electron chi connectivity index (χ2n) is 6.15. The van der Waals surface area contributed by atoms with Gasteiger partial charge in [0.25, 0.3) is 0 Å². The maximum Gasteiger partial charge on any atom is 0.0767 e. The molecule has 1 rings (SSSR count). The lowest BCUT2D eigenvalue weighted by molar-refractivity contribution is 0.303. The molecule has 0 spiro atoms. The normalized spacial score (nSPS) is 13.4. The summed E-state index contributed by atoms with van der Waals surface area (Å²) in [6, 6.07) is 0.511. The first-order valence-corrected chi connectivity index (χ1v) is 8.22. The van der Waals surface area contributed by atoms with Crippen LogP contribution in [0.3, 0.4) is 0 Å². The van der Waals surface area contributed by atoms with Gasteiger partial charge in [-0.3, -0.25) is 4.68 Å². The molecular weight excluding hydrogens is 316 g/mol. The van der Waals surface area contributed by atoms with Crippen LogP contribution in [-0.4, -0.2) is 41.4 Å². The Morgan fingerprint density at radius 2 is 2.00 bits per heavy atom. The van der Waals surface area contributed by atoms with Crippen molar-refractivity contribution in [2.24, 2.45) is 13.0 Å². The summed E-state index contributed by atoms with van der Waals surface area (Å²) in [6.45, 7) is 8.61. The molecule has 116 valence electrons. The number of rotatable bonds is 8. The van der Waals surface area contributed by atoms with Gasteiger partial charge in [0.1, 0.15) is 0 Å². The zero-order chi connectivity index (χ0) is 15.3. The predicted molar refractivity (Wildman–Crippen MR) is 88.9 cm³/mol. The van der Waals surface area contributed by atoms with Crippen LogP contribution in [0.5, 0.6) is 0 Å². The summed E-state index contributed by atoms with van der Waals surface area (Å²) in [7, 11) is 6.28. The van der Waals surface area contributed by atoms with Gasteiger partial charge in [-0.1, -0.05) is 20.8 Å². The number of nitrogens with one attached hydrogen (secondary N) is 1. The largest absolute Gasteiger partial charge is 0.308 e. The molecule has 20 heavy (non-hydrogen) atoms. The number of aryl methyl sites for hydroxylation is 2. The first kappa shape index (κ1) is 17.7. The van der Waals surface area contributed by atoms with Crippen LogP contribution in [0.4, 0.5) is 0 Å². The Morgan fingerprint density at radius 1 is 1.35 bits per heavy atom. The molecule has 0 aromatic carbocycles. The molecule has 0 fully saturated rings. The van der Waals surface area contributed by atoms with Crippen LogP contribution in [0.1, 0.15) is 38.6 Å². The van der Waals surface area contributed by atoms with Gasteiger partial charge in [0.15, 0.2) is 0 Å². The molecule has 0 bridgehead atoms. The van der Waals surface area contributed by atoms with Crippen molar-refractivity contribution in [3.8, 4) is 0 Å². The molecule has 1 N–H and O–H groups in total. The summed E-state index contributed by atoms with van der Waals surface area (Å²) >= 11 is 3.68. The monoisotopic (exact) mass is 344 g/mol. The first-order valence-electron chi connectivity index (χ1n) is 7.43. The third kappa shape index (κ3) is 5.19. The van der Waals surface area contributed by atoms with Crippen molar-refractivity contribution in [2.75, 3.05) is 20.6 Å². The lowest BCUT2D eigenvalue weighted by Crippen LogP contribution is -2.39. The average molecular weight is 345 g/mol. The van der Waals surface area contributed by atoms with Crippen LogP contribution in [0, 0.1) is 5.92 Å². The van der Waals surface area contributed by atoms with Crippen LogP contribution in [-0.2, 0) is 20.0 Å². The zero-order valence-corrected chi connectivity index (χ0v) is 15.3. The van der Waals surface area contributed by atoms with Crippen molar-refractivity contribution in [1.29, 1.82) is 0 Å².